The van der Waals surface area contributed by atoms with Gasteiger partial charge in [-0.15, -0.1) is 9.79 Å². The molecule has 0 aliphatic rings. The van der Waals surface area contributed by atoms with Crippen molar-refractivity contribution in [3.05, 3.63) is 18.7 Å². The number of imidazole rings is 1. The predicted octanol–water partition coefficient (Wildman–Crippen LogP) is 0.712. The van der Waals surface area contributed by atoms with Gasteiger partial charge in [0.1, 0.15) is 0 Å². The number of hydrogen-bond acceptors (Lipinski definition) is 4. The van der Waals surface area contributed by atoms with Gasteiger partial charge < -0.3 is 4.98 Å². The third-order valence-corrected chi connectivity index (χ3v) is 1.66. The van der Waals surface area contributed by atoms with E-state index in [1.807, 2.05) is 0 Å². The SMILES string of the molecule is O=[P+](O)O[P+](=O)O.c1c[nH]cn1. The van der Waals surface area contributed by atoms with E-state index in [9.17, 15) is 9.13 Å². The third-order valence-electron chi connectivity index (χ3n) is 0.546. The Balaban J connectivity index is 0.000000211. The lowest BCUT2D eigenvalue weighted by molar-refractivity contribution is 0.371. The van der Waals surface area contributed by atoms with Gasteiger partial charge in [0.05, 0.1) is 6.33 Å². The second-order valence-corrected chi connectivity index (χ2v) is 2.92. The topological polar surface area (TPSA) is 113 Å². The van der Waals surface area contributed by atoms with E-state index < -0.39 is 16.5 Å². The molecule has 0 spiro atoms. The molecule has 1 aromatic rings. The molecule has 9 heteroatoms. The molecule has 0 bridgehead atoms. The first kappa shape index (κ1) is 11.3. The summed E-state index contributed by atoms with van der Waals surface area (Å²) in [4.78, 5) is 21.7. The van der Waals surface area contributed by atoms with Crippen molar-refractivity contribution in [1.82, 2.24) is 9.97 Å². The van der Waals surface area contributed by atoms with Crippen molar-refractivity contribution >= 4 is 16.5 Å². The van der Waals surface area contributed by atoms with Gasteiger partial charge in [-0.1, -0.05) is 0 Å². The van der Waals surface area contributed by atoms with Gasteiger partial charge in [-0.3, -0.25) is 0 Å². The van der Waals surface area contributed by atoms with Gasteiger partial charge in [-0.25, -0.2) is 4.98 Å². The summed E-state index contributed by atoms with van der Waals surface area (Å²) < 4.78 is 22.2. The predicted molar refractivity (Wildman–Crippen MR) is 39.3 cm³/mol. The van der Waals surface area contributed by atoms with Crippen LogP contribution in [0.1, 0.15) is 0 Å². The first-order chi connectivity index (χ1) is 5.63. The molecular formula is C3H6N2O5P2+2. The molecule has 7 nitrogen and oxygen atoms in total. The van der Waals surface area contributed by atoms with E-state index in [4.69, 9.17) is 9.79 Å². The molecule has 0 radical (unpaired) electrons. The van der Waals surface area contributed by atoms with Gasteiger partial charge in [-0.05, 0) is 0 Å². The number of nitrogens with zero attached hydrogens (tertiary/aromatic N) is 1. The molecule has 0 aromatic carbocycles. The van der Waals surface area contributed by atoms with Crippen LogP contribution in [0.25, 0.3) is 0 Å². The summed E-state index contributed by atoms with van der Waals surface area (Å²) in [6.07, 6.45) is 5.08. The van der Waals surface area contributed by atoms with Gasteiger partial charge in [0.15, 0.2) is 4.31 Å². The summed E-state index contributed by atoms with van der Waals surface area (Å²) >= 11 is 0. The number of hydrogen-bond donors (Lipinski definition) is 3. The van der Waals surface area contributed by atoms with Gasteiger partial charge in [-0.2, -0.15) is 0 Å². The molecular weight excluding hydrogens is 206 g/mol. The molecule has 0 saturated heterocycles. The Kier molecular flexibility index (Phi) is 6.55. The van der Waals surface area contributed by atoms with Crippen LogP contribution in [0.3, 0.4) is 0 Å². The molecule has 12 heavy (non-hydrogen) atoms. The van der Waals surface area contributed by atoms with Crippen molar-refractivity contribution in [2.75, 3.05) is 0 Å². The Labute approximate surface area is 69.3 Å². The fourth-order valence-electron chi connectivity index (χ4n) is 0.275. The van der Waals surface area contributed by atoms with E-state index in [0.717, 1.165) is 0 Å². The zero-order chi connectivity index (χ0) is 9.40. The maximum Gasteiger partial charge on any atom is 0.745 e. The van der Waals surface area contributed by atoms with E-state index in [2.05, 4.69) is 14.3 Å². The van der Waals surface area contributed by atoms with Crippen LogP contribution in [-0.4, -0.2) is 19.8 Å². The fourth-order valence-corrected chi connectivity index (χ4v) is 0.753. The summed E-state index contributed by atoms with van der Waals surface area (Å²) in [5, 5.41) is 0. The molecule has 1 aromatic heterocycles. The van der Waals surface area contributed by atoms with Crippen LogP contribution in [-0.2, 0) is 13.4 Å². The van der Waals surface area contributed by atoms with Gasteiger partial charge in [0.2, 0.25) is 0 Å². The lowest BCUT2D eigenvalue weighted by Gasteiger charge is -1.50. The maximum atomic E-state index is 9.39. The zero-order valence-corrected chi connectivity index (χ0v) is 7.48. The standard InChI is InChI=1S/C3H4N2.O5P2/c1-2-5-3-4-1;1-6(2)5-7(3)4/h1-3H,(H,4,5);/p+2. The summed E-state index contributed by atoms with van der Waals surface area (Å²) in [6.45, 7) is 0. The molecule has 0 saturated carbocycles. The quantitative estimate of drug-likeness (QED) is 0.622. The minimum Gasteiger partial charge on any atom is -0.351 e. The van der Waals surface area contributed by atoms with E-state index in [1.54, 1.807) is 18.7 Å². The van der Waals surface area contributed by atoms with E-state index in [1.165, 1.54) is 0 Å². The highest BCUT2D eigenvalue weighted by atomic mass is 31.2. The highest BCUT2D eigenvalue weighted by Crippen LogP contribution is 2.30. The lowest BCUT2D eigenvalue weighted by atomic mass is 11.0. The number of rotatable bonds is 2. The Morgan fingerprint density at radius 3 is 2.00 bits per heavy atom. The lowest BCUT2D eigenvalue weighted by Crippen LogP contribution is -1.58. The number of aromatic amines is 1. The van der Waals surface area contributed by atoms with Crippen molar-refractivity contribution < 1.29 is 23.2 Å². The van der Waals surface area contributed by atoms with Crippen LogP contribution >= 0.6 is 16.5 Å². The molecule has 66 valence electrons. The molecule has 0 amide bonds. The van der Waals surface area contributed by atoms with Gasteiger partial charge in [0.25, 0.3) is 0 Å². The summed E-state index contributed by atoms with van der Waals surface area (Å²) in [7, 11) is -5.85. The zero-order valence-electron chi connectivity index (χ0n) is 5.69. The Hall–Kier alpha value is -0.710. The second-order valence-electron chi connectivity index (χ2n) is 1.32. The monoisotopic (exact) mass is 212 g/mol. The smallest absolute Gasteiger partial charge is 0.351 e. The Bertz CT molecular complexity index is 208. The van der Waals surface area contributed by atoms with Crippen molar-refractivity contribution in [3.63, 3.8) is 0 Å². The average Bonchev–Trinajstić information content (AvgIpc) is 2.36. The van der Waals surface area contributed by atoms with Crippen LogP contribution in [0.4, 0.5) is 0 Å². The molecule has 1 rings (SSSR count). The second kappa shape index (κ2) is 6.97. The molecule has 2 unspecified atom stereocenters. The van der Waals surface area contributed by atoms with Gasteiger partial charge >= 0.3 is 16.5 Å². The molecule has 0 fully saturated rings. The van der Waals surface area contributed by atoms with Crippen molar-refractivity contribution in [2.45, 2.75) is 0 Å². The number of aromatic nitrogens is 2. The van der Waals surface area contributed by atoms with Crippen molar-refractivity contribution in [2.24, 2.45) is 0 Å². The van der Waals surface area contributed by atoms with Crippen LogP contribution in [0.5, 0.6) is 0 Å². The van der Waals surface area contributed by atoms with E-state index >= 15 is 0 Å². The highest BCUT2D eigenvalue weighted by molar-refractivity contribution is 7.46. The van der Waals surface area contributed by atoms with E-state index in [-0.39, 0.29) is 0 Å². The summed E-state index contributed by atoms with van der Waals surface area (Å²) in [5.74, 6) is 0. The fraction of sp³-hybridized carbons (Fsp3) is 0. The molecule has 3 N–H and O–H groups in total. The molecule has 0 aliphatic heterocycles. The van der Waals surface area contributed by atoms with Crippen LogP contribution in [0.2, 0.25) is 0 Å². The number of H-pyrrole nitrogens is 1. The molecule has 0 aliphatic carbocycles. The maximum absolute atomic E-state index is 9.39. The summed E-state index contributed by atoms with van der Waals surface area (Å²) in [6, 6.07) is 0. The molecule has 1 heterocycles. The minimum absolute atomic E-state index is 1.62. The largest absolute Gasteiger partial charge is 0.745 e. The average molecular weight is 212 g/mol. The Morgan fingerprint density at radius 1 is 1.33 bits per heavy atom. The molecule has 2 atom stereocenters. The van der Waals surface area contributed by atoms with Gasteiger partial charge in [0, 0.05) is 21.5 Å². The first-order valence-corrected chi connectivity index (χ1v) is 4.82. The first-order valence-electron chi connectivity index (χ1n) is 2.56. The minimum atomic E-state index is -2.92. The highest BCUT2D eigenvalue weighted by Gasteiger charge is 2.31. The van der Waals surface area contributed by atoms with Crippen LogP contribution < -0.4 is 0 Å². The number of nitrogens with one attached hydrogen (secondary N) is 1. The van der Waals surface area contributed by atoms with Crippen molar-refractivity contribution in [1.29, 1.82) is 0 Å². The third kappa shape index (κ3) is 9.29. The Morgan fingerprint density at radius 2 is 1.92 bits per heavy atom. The summed E-state index contributed by atoms with van der Waals surface area (Å²) in [5.41, 5.74) is 0. The van der Waals surface area contributed by atoms with Crippen molar-refractivity contribution in [3.8, 4) is 0 Å². The van der Waals surface area contributed by atoms with Crippen LogP contribution in [0, 0.1) is 0 Å². The van der Waals surface area contributed by atoms with E-state index in [0.29, 0.717) is 0 Å². The van der Waals surface area contributed by atoms with Crippen LogP contribution in [0.15, 0.2) is 18.7 Å². The normalized spacial score (nSPS) is 11.2.